The van der Waals surface area contributed by atoms with E-state index in [2.05, 4.69) is 23.1 Å². The van der Waals surface area contributed by atoms with Crippen LogP contribution in [0, 0.1) is 0 Å². The molecule has 2 aromatic rings. The largest absolute Gasteiger partial charge is 0.397 e. The molecule has 2 aliphatic heterocycles. The summed E-state index contributed by atoms with van der Waals surface area (Å²) >= 11 is 0. The van der Waals surface area contributed by atoms with Gasteiger partial charge in [0.1, 0.15) is 0 Å². The Morgan fingerprint density at radius 1 is 0.957 bits per heavy atom. The second kappa shape index (κ2) is 5.59. The predicted octanol–water partition coefficient (Wildman–Crippen LogP) is 2.36. The first-order valence-corrected chi connectivity index (χ1v) is 7.89. The molecule has 5 nitrogen and oxygen atoms in total. The van der Waals surface area contributed by atoms with Gasteiger partial charge in [0.15, 0.2) is 0 Å². The molecular weight excluding hydrogens is 288 g/mol. The summed E-state index contributed by atoms with van der Waals surface area (Å²) < 4.78 is 5.42. The number of hydrogen-bond donors (Lipinski definition) is 2. The molecule has 0 saturated carbocycles. The van der Waals surface area contributed by atoms with Crippen molar-refractivity contribution in [3.63, 3.8) is 0 Å². The fourth-order valence-electron chi connectivity index (χ4n) is 3.13. The van der Waals surface area contributed by atoms with Crippen molar-refractivity contribution in [2.24, 2.45) is 4.99 Å². The average Bonchev–Trinajstić information content (AvgIpc) is 3.01. The molecule has 5 heteroatoms. The number of anilines is 3. The molecule has 0 aliphatic carbocycles. The minimum atomic E-state index is 0.607. The first-order valence-electron chi connectivity index (χ1n) is 7.89. The normalized spacial score (nSPS) is 17.0. The van der Waals surface area contributed by atoms with Crippen LogP contribution in [-0.2, 0) is 11.2 Å². The molecule has 0 radical (unpaired) electrons. The van der Waals surface area contributed by atoms with Crippen molar-refractivity contribution in [3.05, 3.63) is 47.5 Å². The van der Waals surface area contributed by atoms with E-state index >= 15 is 0 Å². The van der Waals surface area contributed by atoms with Crippen LogP contribution in [0.5, 0.6) is 0 Å². The average molecular weight is 308 g/mol. The quantitative estimate of drug-likeness (QED) is 0.835. The predicted molar refractivity (Wildman–Crippen MR) is 94.6 cm³/mol. The fraction of sp³-hybridized carbons (Fsp3) is 0.278. The van der Waals surface area contributed by atoms with E-state index < -0.39 is 0 Å². The Morgan fingerprint density at radius 3 is 2.57 bits per heavy atom. The number of aliphatic imine (C=N–C) groups is 1. The Balaban J connectivity index is 1.59. The second-order valence-electron chi connectivity index (χ2n) is 5.99. The number of nitrogen functional groups attached to an aromatic ring is 2. The van der Waals surface area contributed by atoms with Crippen molar-refractivity contribution in [1.29, 1.82) is 0 Å². The van der Waals surface area contributed by atoms with E-state index in [1.54, 1.807) is 0 Å². The summed E-state index contributed by atoms with van der Waals surface area (Å²) in [6.45, 7) is 3.48. The van der Waals surface area contributed by atoms with Gasteiger partial charge in [-0.1, -0.05) is 6.07 Å². The zero-order valence-electron chi connectivity index (χ0n) is 13.0. The van der Waals surface area contributed by atoms with Crippen LogP contribution in [0.25, 0.3) is 0 Å². The van der Waals surface area contributed by atoms with Crippen LogP contribution < -0.4 is 16.4 Å². The summed E-state index contributed by atoms with van der Waals surface area (Å²) in [5, 5.41) is 0. The van der Waals surface area contributed by atoms with Gasteiger partial charge in [-0.2, -0.15) is 0 Å². The number of rotatable bonds is 2. The molecule has 1 saturated heterocycles. The Bertz CT molecular complexity index is 779. The van der Waals surface area contributed by atoms with Gasteiger partial charge in [-0.25, -0.2) is 0 Å². The lowest BCUT2D eigenvalue weighted by atomic mass is 10.0. The van der Waals surface area contributed by atoms with Crippen LogP contribution >= 0.6 is 0 Å². The molecule has 2 heterocycles. The minimum Gasteiger partial charge on any atom is -0.397 e. The van der Waals surface area contributed by atoms with Gasteiger partial charge in [-0.05, 0) is 41.5 Å². The molecular formula is C18H20N4O. The smallest absolute Gasteiger partial charge is 0.0670 e. The molecule has 4 N–H and O–H groups in total. The SMILES string of the molecule is Nc1ccc(C2=Nc3ccc(N4CCOCC4)cc3C2)cc1N. The highest BCUT2D eigenvalue weighted by molar-refractivity contribution is 6.07. The number of morpholine rings is 1. The summed E-state index contributed by atoms with van der Waals surface area (Å²) in [5.41, 5.74) is 18.6. The van der Waals surface area contributed by atoms with Gasteiger partial charge < -0.3 is 21.1 Å². The van der Waals surface area contributed by atoms with Gasteiger partial charge in [0, 0.05) is 25.2 Å². The zero-order valence-corrected chi connectivity index (χ0v) is 13.0. The van der Waals surface area contributed by atoms with Crippen molar-refractivity contribution in [2.75, 3.05) is 42.7 Å². The van der Waals surface area contributed by atoms with E-state index in [0.29, 0.717) is 11.4 Å². The minimum absolute atomic E-state index is 0.607. The van der Waals surface area contributed by atoms with Gasteiger partial charge in [0.05, 0.1) is 36.0 Å². The third-order valence-electron chi connectivity index (χ3n) is 4.47. The molecule has 1 fully saturated rings. The monoisotopic (exact) mass is 308 g/mol. The fourth-order valence-corrected chi connectivity index (χ4v) is 3.13. The standard InChI is InChI=1S/C18H20N4O/c19-15-3-1-12(10-16(15)20)18-11-13-9-14(2-4-17(13)21-18)22-5-7-23-8-6-22/h1-4,9-10H,5-8,11,19-20H2. The Kier molecular flexibility index (Phi) is 3.42. The van der Waals surface area contributed by atoms with E-state index in [0.717, 1.165) is 49.7 Å². The van der Waals surface area contributed by atoms with Gasteiger partial charge in [-0.15, -0.1) is 0 Å². The van der Waals surface area contributed by atoms with Crippen LogP contribution in [0.15, 0.2) is 41.4 Å². The molecule has 0 unspecified atom stereocenters. The highest BCUT2D eigenvalue weighted by atomic mass is 16.5. The van der Waals surface area contributed by atoms with Crippen molar-refractivity contribution in [3.8, 4) is 0 Å². The molecule has 2 aliphatic rings. The van der Waals surface area contributed by atoms with E-state index in [9.17, 15) is 0 Å². The number of fused-ring (bicyclic) bond motifs is 1. The van der Waals surface area contributed by atoms with E-state index in [1.165, 1.54) is 11.3 Å². The lowest BCUT2D eigenvalue weighted by Crippen LogP contribution is -2.36. The number of benzene rings is 2. The lowest BCUT2D eigenvalue weighted by molar-refractivity contribution is 0.122. The first-order chi connectivity index (χ1) is 11.2. The van der Waals surface area contributed by atoms with Gasteiger partial charge in [0.2, 0.25) is 0 Å². The van der Waals surface area contributed by atoms with E-state index in [4.69, 9.17) is 21.2 Å². The van der Waals surface area contributed by atoms with Crippen molar-refractivity contribution < 1.29 is 4.74 Å². The van der Waals surface area contributed by atoms with Gasteiger partial charge >= 0.3 is 0 Å². The van der Waals surface area contributed by atoms with Crippen LogP contribution in [0.2, 0.25) is 0 Å². The molecule has 118 valence electrons. The summed E-state index contributed by atoms with van der Waals surface area (Å²) in [5.74, 6) is 0. The van der Waals surface area contributed by atoms with Crippen molar-refractivity contribution in [1.82, 2.24) is 0 Å². The molecule has 0 spiro atoms. The topological polar surface area (TPSA) is 76.9 Å². The number of nitrogens with zero attached hydrogens (tertiary/aromatic N) is 2. The van der Waals surface area contributed by atoms with Crippen LogP contribution in [0.4, 0.5) is 22.7 Å². The van der Waals surface area contributed by atoms with Crippen LogP contribution in [0.1, 0.15) is 11.1 Å². The highest BCUT2D eigenvalue weighted by Crippen LogP contribution is 2.33. The zero-order chi connectivity index (χ0) is 15.8. The maximum atomic E-state index is 5.92. The highest BCUT2D eigenvalue weighted by Gasteiger charge is 2.19. The molecule has 0 bridgehead atoms. The Morgan fingerprint density at radius 2 is 1.78 bits per heavy atom. The number of hydrogen-bond acceptors (Lipinski definition) is 5. The van der Waals surface area contributed by atoms with E-state index in [1.807, 2.05) is 18.2 Å². The molecule has 23 heavy (non-hydrogen) atoms. The van der Waals surface area contributed by atoms with Gasteiger partial charge in [0.25, 0.3) is 0 Å². The Hall–Kier alpha value is -2.53. The molecule has 0 atom stereocenters. The molecule has 2 aromatic carbocycles. The maximum Gasteiger partial charge on any atom is 0.0670 e. The van der Waals surface area contributed by atoms with Crippen LogP contribution in [-0.4, -0.2) is 32.0 Å². The third-order valence-corrected chi connectivity index (χ3v) is 4.47. The molecule has 0 aromatic heterocycles. The molecule has 0 amide bonds. The van der Waals surface area contributed by atoms with Crippen molar-refractivity contribution in [2.45, 2.75) is 6.42 Å². The van der Waals surface area contributed by atoms with Crippen molar-refractivity contribution >= 4 is 28.5 Å². The third kappa shape index (κ3) is 2.64. The summed E-state index contributed by atoms with van der Waals surface area (Å²) in [4.78, 5) is 7.12. The van der Waals surface area contributed by atoms with Crippen LogP contribution in [0.3, 0.4) is 0 Å². The summed E-state index contributed by atoms with van der Waals surface area (Å²) in [6, 6.07) is 12.2. The summed E-state index contributed by atoms with van der Waals surface area (Å²) in [6.07, 6.45) is 0.830. The second-order valence-corrected chi connectivity index (χ2v) is 5.99. The first kappa shape index (κ1) is 14.1. The Labute approximate surface area is 135 Å². The number of ether oxygens (including phenoxy) is 1. The van der Waals surface area contributed by atoms with E-state index in [-0.39, 0.29) is 0 Å². The lowest BCUT2D eigenvalue weighted by Gasteiger charge is -2.29. The number of nitrogens with two attached hydrogens (primary N) is 2. The maximum absolute atomic E-state index is 5.92. The summed E-state index contributed by atoms with van der Waals surface area (Å²) in [7, 11) is 0. The van der Waals surface area contributed by atoms with Gasteiger partial charge in [-0.3, -0.25) is 4.99 Å². The molecule has 4 rings (SSSR count).